The first-order valence-electron chi connectivity index (χ1n) is 7.47. The second-order valence-electron chi connectivity index (χ2n) is 5.90. The summed E-state index contributed by atoms with van der Waals surface area (Å²) < 4.78 is 24.2. The molecule has 1 unspecified atom stereocenters. The molecule has 0 bridgehead atoms. The summed E-state index contributed by atoms with van der Waals surface area (Å²) in [6.07, 6.45) is 1.10. The summed E-state index contributed by atoms with van der Waals surface area (Å²) in [6, 6.07) is 4.95. The van der Waals surface area contributed by atoms with E-state index in [0.717, 1.165) is 26.2 Å². The molecular formula is C16H20FN3O2. The van der Waals surface area contributed by atoms with E-state index in [0.29, 0.717) is 35.3 Å². The Labute approximate surface area is 129 Å². The highest BCUT2D eigenvalue weighted by molar-refractivity contribution is 5.54. The molecule has 2 heterocycles. The molecule has 1 aromatic carbocycles. The monoisotopic (exact) mass is 305 g/mol. The molecule has 1 saturated heterocycles. The fourth-order valence-electron chi connectivity index (χ4n) is 2.63. The van der Waals surface area contributed by atoms with Crippen LogP contribution >= 0.6 is 0 Å². The van der Waals surface area contributed by atoms with Crippen molar-refractivity contribution in [1.82, 2.24) is 15.0 Å². The van der Waals surface area contributed by atoms with E-state index in [4.69, 9.17) is 9.26 Å². The lowest BCUT2D eigenvalue weighted by atomic mass is 10.1. The molecule has 3 rings (SSSR count). The molecule has 2 aromatic rings. The summed E-state index contributed by atoms with van der Waals surface area (Å²) in [6.45, 7) is 4.92. The van der Waals surface area contributed by atoms with Crippen molar-refractivity contribution in [3.63, 3.8) is 0 Å². The third-order valence-corrected chi connectivity index (χ3v) is 3.90. The minimum Gasteiger partial charge on any atom is -0.381 e. The van der Waals surface area contributed by atoms with Crippen LogP contribution in [0.5, 0.6) is 0 Å². The Morgan fingerprint density at radius 2 is 2.27 bits per heavy atom. The molecule has 0 saturated carbocycles. The van der Waals surface area contributed by atoms with Crippen LogP contribution in [0.1, 0.15) is 17.9 Å². The molecule has 1 atom stereocenters. The van der Waals surface area contributed by atoms with Crippen LogP contribution in [0.15, 0.2) is 22.7 Å². The minimum absolute atomic E-state index is 0.262. The van der Waals surface area contributed by atoms with Gasteiger partial charge in [-0.15, -0.1) is 0 Å². The zero-order valence-corrected chi connectivity index (χ0v) is 12.9. The van der Waals surface area contributed by atoms with Crippen LogP contribution in [0.3, 0.4) is 0 Å². The Kier molecular flexibility index (Phi) is 4.49. The van der Waals surface area contributed by atoms with E-state index < -0.39 is 0 Å². The smallest absolute Gasteiger partial charge is 0.241 e. The fraction of sp³-hybridized carbons (Fsp3) is 0.500. The number of aryl methyl sites for hydroxylation is 1. The van der Waals surface area contributed by atoms with Crippen LogP contribution in [0.25, 0.3) is 11.4 Å². The van der Waals surface area contributed by atoms with Crippen molar-refractivity contribution in [1.29, 1.82) is 0 Å². The van der Waals surface area contributed by atoms with Gasteiger partial charge in [0.15, 0.2) is 0 Å². The van der Waals surface area contributed by atoms with Crippen molar-refractivity contribution < 1.29 is 13.7 Å². The largest absolute Gasteiger partial charge is 0.381 e. The van der Waals surface area contributed by atoms with Gasteiger partial charge in [-0.05, 0) is 37.9 Å². The van der Waals surface area contributed by atoms with Gasteiger partial charge in [-0.25, -0.2) is 4.39 Å². The van der Waals surface area contributed by atoms with Crippen molar-refractivity contribution in [3.8, 4) is 11.4 Å². The van der Waals surface area contributed by atoms with Crippen LogP contribution in [0.2, 0.25) is 0 Å². The first-order valence-corrected chi connectivity index (χ1v) is 7.47. The first kappa shape index (κ1) is 15.1. The maximum atomic E-state index is 13.6. The van der Waals surface area contributed by atoms with Crippen molar-refractivity contribution in [2.24, 2.45) is 5.92 Å². The number of benzene rings is 1. The third kappa shape index (κ3) is 3.51. The number of hydrogen-bond acceptors (Lipinski definition) is 5. The van der Waals surface area contributed by atoms with Crippen LogP contribution < -0.4 is 0 Å². The van der Waals surface area contributed by atoms with Crippen molar-refractivity contribution >= 4 is 0 Å². The van der Waals surface area contributed by atoms with Gasteiger partial charge in [-0.1, -0.05) is 17.3 Å². The van der Waals surface area contributed by atoms with E-state index in [9.17, 15) is 4.39 Å². The predicted molar refractivity (Wildman–Crippen MR) is 79.7 cm³/mol. The Morgan fingerprint density at radius 3 is 3.00 bits per heavy atom. The first-order chi connectivity index (χ1) is 10.6. The lowest BCUT2D eigenvalue weighted by molar-refractivity contribution is 0.169. The average molecular weight is 305 g/mol. The van der Waals surface area contributed by atoms with Gasteiger partial charge >= 0.3 is 0 Å². The van der Waals surface area contributed by atoms with E-state index in [2.05, 4.69) is 15.0 Å². The van der Waals surface area contributed by atoms with Gasteiger partial charge in [0, 0.05) is 18.7 Å². The molecule has 0 aliphatic carbocycles. The maximum Gasteiger partial charge on any atom is 0.241 e. The maximum absolute atomic E-state index is 13.6. The summed E-state index contributed by atoms with van der Waals surface area (Å²) in [5.74, 6) is 1.27. The highest BCUT2D eigenvalue weighted by Crippen LogP contribution is 2.20. The molecular weight excluding hydrogens is 285 g/mol. The van der Waals surface area contributed by atoms with Gasteiger partial charge in [0.25, 0.3) is 0 Å². The zero-order valence-electron chi connectivity index (χ0n) is 12.9. The van der Waals surface area contributed by atoms with Crippen LogP contribution in [0.4, 0.5) is 4.39 Å². The summed E-state index contributed by atoms with van der Waals surface area (Å²) in [7, 11) is 2.02. The van der Waals surface area contributed by atoms with Crippen LogP contribution in [0, 0.1) is 18.7 Å². The molecule has 118 valence electrons. The number of halogens is 1. The van der Waals surface area contributed by atoms with Crippen molar-refractivity contribution in [2.75, 3.05) is 26.8 Å². The second kappa shape index (κ2) is 6.54. The molecule has 5 nitrogen and oxygen atoms in total. The molecule has 6 heteroatoms. The highest BCUT2D eigenvalue weighted by atomic mass is 19.1. The Morgan fingerprint density at radius 1 is 1.41 bits per heavy atom. The molecule has 0 radical (unpaired) electrons. The lowest BCUT2D eigenvalue weighted by Crippen LogP contribution is -2.25. The number of rotatable bonds is 5. The molecule has 22 heavy (non-hydrogen) atoms. The van der Waals surface area contributed by atoms with E-state index in [1.807, 2.05) is 7.05 Å². The second-order valence-corrected chi connectivity index (χ2v) is 5.90. The minimum atomic E-state index is -0.262. The van der Waals surface area contributed by atoms with Gasteiger partial charge in [-0.2, -0.15) is 4.98 Å². The number of ether oxygens (including phenoxy) is 1. The van der Waals surface area contributed by atoms with Gasteiger partial charge in [-0.3, -0.25) is 4.90 Å². The lowest BCUT2D eigenvalue weighted by Gasteiger charge is -2.17. The molecule has 1 aliphatic heterocycles. The quantitative estimate of drug-likeness (QED) is 0.850. The van der Waals surface area contributed by atoms with Crippen molar-refractivity contribution in [2.45, 2.75) is 19.9 Å². The zero-order chi connectivity index (χ0) is 15.5. The Hall–Kier alpha value is -1.79. The molecule has 1 fully saturated rings. The molecule has 1 aliphatic rings. The number of aromatic nitrogens is 2. The van der Waals surface area contributed by atoms with Crippen molar-refractivity contribution in [3.05, 3.63) is 35.5 Å². The van der Waals surface area contributed by atoms with Gasteiger partial charge in [0.05, 0.1) is 13.2 Å². The molecule has 0 N–H and O–H groups in total. The van der Waals surface area contributed by atoms with E-state index >= 15 is 0 Å². The summed E-state index contributed by atoms with van der Waals surface area (Å²) >= 11 is 0. The summed E-state index contributed by atoms with van der Waals surface area (Å²) in [5, 5.41) is 3.94. The SMILES string of the molecule is Cc1ccc(-c2noc(CN(C)CC3CCOC3)n2)cc1F. The Bertz CT molecular complexity index is 638. The number of hydrogen-bond donors (Lipinski definition) is 0. The van der Waals surface area contributed by atoms with E-state index in [-0.39, 0.29) is 5.82 Å². The van der Waals surface area contributed by atoms with Gasteiger partial charge < -0.3 is 9.26 Å². The van der Waals surface area contributed by atoms with Crippen LogP contribution in [-0.2, 0) is 11.3 Å². The topological polar surface area (TPSA) is 51.4 Å². The molecule has 0 amide bonds. The average Bonchev–Trinajstić information content (AvgIpc) is 3.13. The highest BCUT2D eigenvalue weighted by Gasteiger charge is 2.19. The molecule has 1 aromatic heterocycles. The van der Waals surface area contributed by atoms with E-state index in [1.165, 1.54) is 6.07 Å². The summed E-state index contributed by atoms with van der Waals surface area (Å²) in [5.41, 5.74) is 1.23. The number of nitrogens with zero attached hydrogens (tertiary/aromatic N) is 3. The van der Waals surface area contributed by atoms with Gasteiger partial charge in [0.1, 0.15) is 5.82 Å². The fourth-order valence-corrected chi connectivity index (χ4v) is 2.63. The summed E-state index contributed by atoms with van der Waals surface area (Å²) in [4.78, 5) is 6.49. The van der Waals surface area contributed by atoms with E-state index in [1.54, 1.807) is 19.1 Å². The normalized spacial score (nSPS) is 18.3. The predicted octanol–water partition coefficient (Wildman–Crippen LogP) is 2.65. The Balaban J connectivity index is 1.64. The standard InChI is InChI=1S/C16H20FN3O2/c1-11-3-4-13(7-14(11)17)16-18-15(22-19-16)9-20(2)8-12-5-6-21-10-12/h3-4,7,12H,5-6,8-10H2,1-2H3. The van der Waals surface area contributed by atoms with Crippen LogP contribution in [-0.4, -0.2) is 41.8 Å². The third-order valence-electron chi connectivity index (χ3n) is 3.90. The molecule has 0 spiro atoms. The van der Waals surface area contributed by atoms with Gasteiger partial charge in [0.2, 0.25) is 11.7 Å².